The summed E-state index contributed by atoms with van der Waals surface area (Å²) >= 11 is 1.04. The van der Waals surface area contributed by atoms with Gasteiger partial charge in [-0.3, -0.25) is 4.79 Å². The fraction of sp³-hybridized carbons (Fsp3) is 0.0370. The number of thiophene rings is 1. The second-order valence-electron chi connectivity index (χ2n) is 7.99. The molecule has 0 unspecified atom stereocenters. The van der Waals surface area contributed by atoms with Gasteiger partial charge in [0, 0.05) is 16.6 Å². The number of halogens is 4. The number of aromatic nitrogens is 1. The van der Waals surface area contributed by atoms with E-state index in [1.54, 1.807) is 12.1 Å². The Balaban J connectivity index is 1.62. The largest absolute Gasteiger partial charge is 0.416 e. The van der Waals surface area contributed by atoms with Crippen molar-refractivity contribution in [1.29, 1.82) is 0 Å². The predicted octanol–water partition coefficient (Wildman–Crippen LogP) is 7.62. The summed E-state index contributed by atoms with van der Waals surface area (Å²) in [6, 6.07) is 21.5. The van der Waals surface area contributed by atoms with Crippen LogP contribution in [0.25, 0.3) is 32.6 Å². The lowest BCUT2D eigenvalue weighted by Gasteiger charge is -2.10. The minimum Gasteiger partial charge on any atom is -0.397 e. The maximum Gasteiger partial charge on any atom is 0.416 e. The monoisotopic (exact) mass is 507 g/mol. The first-order chi connectivity index (χ1) is 17.2. The SMILES string of the molecule is Nc1c(C(=O)Nc2cccc(C(F)(F)F)c2)sc2nc(-c3ccc(F)cc3)cc(-c3ccccc3)c12. The predicted molar refractivity (Wildman–Crippen MR) is 134 cm³/mol. The Labute approximate surface area is 207 Å². The van der Waals surface area contributed by atoms with Gasteiger partial charge in [-0.05, 0) is 59.7 Å². The van der Waals surface area contributed by atoms with Gasteiger partial charge in [-0.25, -0.2) is 9.37 Å². The van der Waals surface area contributed by atoms with E-state index in [0.29, 0.717) is 21.5 Å². The summed E-state index contributed by atoms with van der Waals surface area (Å²) in [6.07, 6.45) is -4.54. The van der Waals surface area contributed by atoms with Crippen LogP contribution < -0.4 is 11.1 Å². The second kappa shape index (κ2) is 9.09. The summed E-state index contributed by atoms with van der Waals surface area (Å²) in [5.41, 5.74) is 8.52. The summed E-state index contributed by atoms with van der Waals surface area (Å²) in [5.74, 6) is -1.02. The Bertz CT molecular complexity index is 1580. The molecule has 0 aliphatic heterocycles. The molecule has 180 valence electrons. The van der Waals surface area contributed by atoms with Gasteiger partial charge < -0.3 is 11.1 Å². The number of nitrogen functional groups attached to an aromatic ring is 1. The van der Waals surface area contributed by atoms with Crippen LogP contribution in [-0.2, 0) is 6.18 Å². The van der Waals surface area contributed by atoms with Crippen molar-refractivity contribution in [3.05, 3.63) is 101 Å². The van der Waals surface area contributed by atoms with Crippen LogP contribution in [0.15, 0.2) is 84.9 Å². The zero-order chi connectivity index (χ0) is 25.4. The van der Waals surface area contributed by atoms with E-state index < -0.39 is 17.6 Å². The zero-order valence-electron chi connectivity index (χ0n) is 18.4. The highest BCUT2D eigenvalue weighted by molar-refractivity contribution is 7.21. The Morgan fingerprint density at radius 1 is 0.889 bits per heavy atom. The first kappa shape index (κ1) is 23.5. The number of benzene rings is 3. The van der Waals surface area contributed by atoms with Crippen molar-refractivity contribution in [2.75, 3.05) is 11.1 Å². The molecule has 3 N–H and O–H groups in total. The first-order valence-electron chi connectivity index (χ1n) is 10.7. The summed E-state index contributed by atoms with van der Waals surface area (Å²) in [7, 11) is 0. The molecule has 0 radical (unpaired) electrons. The summed E-state index contributed by atoms with van der Waals surface area (Å²) in [6.45, 7) is 0. The highest BCUT2D eigenvalue weighted by Gasteiger charge is 2.30. The molecule has 2 aromatic heterocycles. The van der Waals surface area contributed by atoms with E-state index in [-0.39, 0.29) is 22.1 Å². The molecule has 3 aromatic carbocycles. The van der Waals surface area contributed by atoms with Gasteiger partial charge in [0.25, 0.3) is 5.91 Å². The molecule has 5 rings (SSSR count). The zero-order valence-corrected chi connectivity index (χ0v) is 19.3. The van der Waals surface area contributed by atoms with Crippen LogP contribution in [0.1, 0.15) is 15.2 Å². The van der Waals surface area contributed by atoms with E-state index in [9.17, 15) is 22.4 Å². The number of rotatable bonds is 4. The number of anilines is 2. The normalized spacial score (nSPS) is 11.6. The maximum absolute atomic E-state index is 13.5. The summed E-state index contributed by atoms with van der Waals surface area (Å²) in [4.78, 5) is 18.3. The van der Waals surface area contributed by atoms with Gasteiger partial charge in [-0.15, -0.1) is 11.3 Å². The van der Waals surface area contributed by atoms with Crippen LogP contribution in [0.2, 0.25) is 0 Å². The van der Waals surface area contributed by atoms with Crippen LogP contribution in [0, 0.1) is 5.82 Å². The summed E-state index contributed by atoms with van der Waals surface area (Å²) < 4.78 is 52.7. The second-order valence-corrected chi connectivity index (χ2v) is 8.98. The number of alkyl halides is 3. The molecule has 0 aliphatic carbocycles. The van der Waals surface area contributed by atoms with Gasteiger partial charge in [0.05, 0.1) is 16.9 Å². The molecule has 9 heteroatoms. The van der Waals surface area contributed by atoms with Crippen molar-refractivity contribution in [1.82, 2.24) is 4.98 Å². The van der Waals surface area contributed by atoms with Gasteiger partial charge in [0.2, 0.25) is 0 Å². The molecule has 0 bridgehead atoms. The van der Waals surface area contributed by atoms with Crippen LogP contribution in [0.5, 0.6) is 0 Å². The number of carbonyl (C=O) groups excluding carboxylic acids is 1. The fourth-order valence-electron chi connectivity index (χ4n) is 3.86. The third kappa shape index (κ3) is 4.52. The molecule has 0 saturated heterocycles. The molecule has 36 heavy (non-hydrogen) atoms. The van der Waals surface area contributed by atoms with E-state index in [1.807, 2.05) is 36.4 Å². The highest BCUT2D eigenvalue weighted by atomic mass is 32.1. The first-order valence-corrected chi connectivity index (χ1v) is 11.6. The average molecular weight is 508 g/mol. The Hall–Kier alpha value is -4.24. The molecule has 5 aromatic rings. The molecule has 0 fully saturated rings. The van der Waals surface area contributed by atoms with E-state index >= 15 is 0 Å². The number of pyridine rings is 1. The standard InChI is InChI=1S/C27H17F4N3OS/c28-18-11-9-16(10-12-18)21-14-20(15-5-2-1-3-6-15)22-23(32)24(36-26(22)34-21)25(35)33-19-8-4-7-17(13-19)27(29,30)31/h1-14H,32H2,(H,33,35). The smallest absolute Gasteiger partial charge is 0.397 e. The van der Waals surface area contributed by atoms with Crippen molar-refractivity contribution < 1.29 is 22.4 Å². The lowest BCUT2D eigenvalue weighted by atomic mass is 9.99. The average Bonchev–Trinajstić information content (AvgIpc) is 3.20. The molecule has 0 aliphatic rings. The number of carbonyl (C=O) groups is 1. The van der Waals surface area contributed by atoms with Crippen molar-refractivity contribution in [3.8, 4) is 22.4 Å². The number of nitrogens with two attached hydrogens (primary N) is 1. The molecule has 4 nitrogen and oxygen atoms in total. The Kier molecular flexibility index (Phi) is 5.93. The van der Waals surface area contributed by atoms with E-state index in [2.05, 4.69) is 10.3 Å². The molecule has 2 heterocycles. The van der Waals surface area contributed by atoms with Crippen molar-refractivity contribution in [2.45, 2.75) is 6.18 Å². The third-order valence-electron chi connectivity index (χ3n) is 5.58. The number of fused-ring (bicyclic) bond motifs is 1. The number of nitrogens with zero attached hydrogens (tertiary/aromatic N) is 1. The van der Waals surface area contributed by atoms with Crippen LogP contribution in [0.3, 0.4) is 0 Å². The van der Waals surface area contributed by atoms with Crippen molar-refractivity contribution in [2.24, 2.45) is 0 Å². The Morgan fingerprint density at radius 2 is 1.61 bits per heavy atom. The maximum atomic E-state index is 13.5. The Morgan fingerprint density at radius 3 is 2.31 bits per heavy atom. The lowest BCUT2D eigenvalue weighted by Crippen LogP contribution is -2.13. The topological polar surface area (TPSA) is 68.0 Å². The summed E-state index contributed by atoms with van der Waals surface area (Å²) in [5, 5.41) is 3.07. The highest BCUT2D eigenvalue weighted by Crippen LogP contribution is 2.41. The van der Waals surface area contributed by atoms with Crippen molar-refractivity contribution in [3.63, 3.8) is 0 Å². The minimum atomic E-state index is -4.54. The molecular formula is C27H17F4N3OS. The van der Waals surface area contributed by atoms with E-state index in [1.165, 1.54) is 24.3 Å². The minimum absolute atomic E-state index is 0.00470. The van der Waals surface area contributed by atoms with Gasteiger partial charge in [0.1, 0.15) is 15.5 Å². The number of nitrogens with one attached hydrogen (secondary N) is 1. The molecule has 0 atom stereocenters. The van der Waals surface area contributed by atoms with E-state index in [0.717, 1.165) is 34.6 Å². The fourth-order valence-corrected chi connectivity index (χ4v) is 4.88. The number of hydrogen-bond donors (Lipinski definition) is 2. The van der Waals surface area contributed by atoms with Gasteiger partial charge in [-0.1, -0.05) is 36.4 Å². The van der Waals surface area contributed by atoms with E-state index in [4.69, 9.17) is 5.73 Å². The van der Waals surface area contributed by atoms with Crippen LogP contribution in [0.4, 0.5) is 28.9 Å². The van der Waals surface area contributed by atoms with Crippen LogP contribution >= 0.6 is 11.3 Å². The number of amides is 1. The van der Waals surface area contributed by atoms with Crippen LogP contribution in [-0.4, -0.2) is 10.9 Å². The quantitative estimate of drug-likeness (QED) is 0.246. The van der Waals surface area contributed by atoms with Gasteiger partial charge >= 0.3 is 6.18 Å². The molecule has 0 saturated carbocycles. The molecule has 0 spiro atoms. The lowest BCUT2D eigenvalue weighted by molar-refractivity contribution is -0.137. The number of hydrogen-bond acceptors (Lipinski definition) is 4. The van der Waals surface area contributed by atoms with Gasteiger partial charge in [-0.2, -0.15) is 13.2 Å². The van der Waals surface area contributed by atoms with Crippen molar-refractivity contribution >= 4 is 38.8 Å². The molecular weight excluding hydrogens is 490 g/mol. The molecule has 1 amide bonds. The third-order valence-corrected chi connectivity index (χ3v) is 6.68. The van der Waals surface area contributed by atoms with Gasteiger partial charge in [0.15, 0.2) is 0 Å².